The Balaban J connectivity index is 1.86. The molecule has 0 aromatic carbocycles. The van der Waals surface area contributed by atoms with E-state index in [4.69, 9.17) is 0 Å². The van der Waals surface area contributed by atoms with Crippen molar-refractivity contribution in [2.24, 2.45) is 0 Å². The van der Waals surface area contributed by atoms with Crippen LogP contribution in [0.2, 0.25) is 0 Å². The minimum Gasteiger partial charge on any atom is -0.292 e. The monoisotopic (exact) mass is 280 g/mol. The van der Waals surface area contributed by atoms with E-state index in [2.05, 4.69) is 13.0 Å². The third kappa shape index (κ3) is 2.27. The Morgan fingerprint density at radius 1 is 1.22 bits per heavy atom. The lowest BCUT2D eigenvalue weighted by Gasteiger charge is -2.19. The zero-order chi connectivity index (χ0) is 12.6. The van der Waals surface area contributed by atoms with Gasteiger partial charge in [0.05, 0.1) is 9.62 Å². The molecule has 1 aliphatic carbocycles. The standard InChI is InChI=1S/C15H20OS2/c1-15(8-5-9-17-15)14(16)13-10-11-6-3-2-4-7-12(11)18-13/h10H,2-9H2,1H3. The highest BCUT2D eigenvalue weighted by atomic mass is 32.2. The molecule has 3 heteroatoms. The number of Topliss-reactive ketones (excluding diaryl/α,β-unsaturated/α-hetero) is 1. The second-order valence-corrected chi connectivity index (χ2v) is 8.37. The first kappa shape index (κ1) is 12.7. The SMILES string of the molecule is CC1(C(=O)c2cc3c(s2)CCCCC3)CCCS1. The summed E-state index contributed by atoms with van der Waals surface area (Å²) >= 11 is 3.63. The number of aryl methyl sites for hydroxylation is 2. The molecule has 1 aromatic rings. The van der Waals surface area contributed by atoms with Crippen molar-refractivity contribution in [1.82, 2.24) is 0 Å². The van der Waals surface area contributed by atoms with Gasteiger partial charge in [-0.25, -0.2) is 0 Å². The smallest absolute Gasteiger partial charge is 0.188 e. The highest BCUT2D eigenvalue weighted by Crippen LogP contribution is 2.42. The zero-order valence-corrected chi connectivity index (χ0v) is 12.6. The molecule has 1 saturated heterocycles. The van der Waals surface area contributed by atoms with Crippen molar-refractivity contribution in [3.05, 3.63) is 21.4 Å². The van der Waals surface area contributed by atoms with Gasteiger partial charge in [-0.3, -0.25) is 4.79 Å². The Bertz CT molecular complexity index is 432. The molecule has 0 spiro atoms. The van der Waals surface area contributed by atoms with Gasteiger partial charge in [0.1, 0.15) is 0 Å². The number of hydrogen-bond donors (Lipinski definition) is 0. The lowest BCUT2D eigenvalue weighted by atomic mass is 9.98. The summed E-state index contributed by atoms with van der Waals surface area (Å²) in [6, 6.07) is 2.21. The molecule has 1 nitrogen and oxygen atoms in total. The van der Waals surface area contributed by atoms with E-state index in [1.165, 1.54) is 49.0 Å². The van der Waals surface area contributed by atoms with Gasteiger partial charge in [0, 0.05) is 4.88 Å². The van der Waals surface area contributed by atoms with E-state index in [1.807, 2.05) is 11.8 Å². The van der Waals surface area contributed by atoms with Gasteiger partial charge in [0.25, 0.3) is 0 Å². The van der Waals surface area contributed by atoms with Gasteiger partial charge in [0.2, 0.25) is 0 Å². The maximum Gasteiger partial charge on any atom is 0.188 e. The average Bonchev–Trinajstić information content (AvgIpc) is 2.92. The molecular formula is C15H20OS2. The van der Waals surface area contributed by atoms with Crippen LogP contribution in [0.15, 0.2) is 6.07 Å². The molecule has 2 aliphatic rings. The Morgan fingerprint density at radius 2 is 2.06 bits per heavy atom. The molecule has 3 rings (SSSR count). The summed E-state index contributed by atoms with van der Waals surface area (Å²) in [5.74, 6) is 1.54. The van der Waals surface area contributed by atoms with Gasteiger partial charge in [-0.05, 0) is 62.8 Å². The Labute approximate surface area is 117 Å². The lowest BCUT2D eigenvalue weighted by molar-refractivity contribution is 0.0953. The molecule has 0 saturated carbocycles. The van der Waals surface area contributed by atoms with Gasteiger partial charge < -0.3 is 0 Å². The van der Waals surface area contributed by atoms with Crippen LogP contribution in [0.3, 0.4) is 0 Å². The number of carbonyl (C=O) groups is 1. The van der Waals surface area contributed by atoms with Crippen LogP contribution in [-0.4, -0.2) is 16.3 Å². The molecule has 18 heavy (non-hydrogen) atoms. The molecule has 0 bridgehead atoms. The van der Waals surface area contributed by atoms with Crippen LogP contribution >= 0.6 is 23.1 Å². The fourth-order valence-electron chi connectivity index (χ4n) is 3.00. The Morgan fingerprint density at radius 3 is 2.83 bits per heavy atom. The molecule has 1 atom stereocenters. The van der Waals surface area contributed by atoms with E-state index >= 15 is 0 Å². The van der Waals surface area contributed by atoms with E-state index in [0.29, 0.717) is 5.78 Å². The number of rotatable bonds is 2. The zero-order valence-electron chi connectivity index (χ0n) is 11.0. The van der Waals surface area contributed by atoms with Crippen molar-refractivity contribution >= 4 is 28.9 Å². The van der Waals surface area contributed by atoms with Crippen LogP contribution in [0, 0.1) is 0 Å². The maximum atomic E-state index is 12.7. The van der Waals surface area contributed by atoms with Crippen molar-refractivity contribution in [3.63, 3.8) is 0 Å². The molecule has 0 radical (unpaired) electrons. The first-order valence-electron chi connectivity index (χ1n) is 6.99. The van der Waals surface area contributed by atoms with E-state index in [1.54, 1.807) is 11.3 Å². The number of thiophene rings is 1. The second-order valence-electron chi connectivity index (χ2n) is 5.63. The minimum absolute atomic E-state index is 0.135. The summed E-state index contributed by atoms with van der Waals surface area (Å²) in [5.41, 5.74) is 1.47. The minimum atomic E-state index is -0.135. The number of ketones is 1. The molecule has 2 heterocycles. The normalized spacial score (nSPS) is 27.8. The fourth-order valence-corrected chi connectivity index (χ4v) is 5.65. The topological polar surface area (TPSA) is 17.1 Å². The van der Waals surface area contributed by atoms with E-state index in [9.17, 15) is 4.79 Å². The molecule has 1 unspecified atom stereocenters. The lowest BCUT2D eigenvalue weighted by Crippen LogP contribution is -2.27. The Kier molecular flexibility index (Phi) is 3.55. The van der Waals surface area contributed by atoms with Crippen molar-refractivity contribution in [2.45, 2.75) is 56.6 Å². The van der Waals surface area contributed by atoms with Gasteiger partial charge in [-0.2, -0.15) is 0 Å². The van der Waals surface area contributed by atoms with Crippen molar-refractivity contribution < 1.29 is 4.79 Å². The van der Waals surface area contributed by atoms with Crippen LogP contribution in [0.1, 0.15) is 59.1 Å². The van der Waals surface area contributed by atoms with Crippen LogP contribution in [-0.2, 0) is 12.8 Å². The molecule has 1 aromatic heterocycles. The first-order chi connectivity index (χ1) is 8.69. The summed E-state index contributed by atoms with van der Waals surface area (Å²) < 4.78 is -0.135. The second kappa shape index (κ2) is 5.01. The quantitative estimate of drug-likeness (QED) is 0.586. The summed E-state index contributed by atoms with van der Waals surface area (Å²) in [5, 5.41) is 0. The van der Waals surface area contributed by atoms with E-state index in [0.717, 1.165) is 17.1 Å². The van der Waals surface area contributed by atoms with Crippen LogP contribution < -0.4 is 0 Å². The molecule has 1 aliphatic heterocycles. The van der Waals surface area contributed by atoms with Crippen molar-refractivity contribution in [3.8, 4) is 0 Å². The van der Waals surface area contributed by atoms with Crippen LogP contribution in [0.4, 0.5) is 0 Å². The highest BCUT2D eigenvalue weighted by molar-refractivity contribution is 8.01. The third-order valence-electron chi connectivity index (χ3n) is 4.17. The van der Waals surface area contributed by atoms with Crippen LogP contribution in [0.5, 0.6) is 0 Å². The largest absolute Gasteiger partial charge is 0.292 e. The van der Waals surface area contributed by atoms with Crippen molar-refractivity contribution in [2.75, 3.05) is 5.75 Å². The maximum absolute atomic E-state index is 12.7. The number of fused-ring (bicyclic) bond motifs is 1. The summed E-state index contributed by atoms with van der Waals surface area (Å²) in [6.45, 7) is 2.14. The number of hydrogen-bond acceptors (Lipinski definition) is 3. The first-order valence-corrected chi connectivity index (χ1v) is 8.80. The molecule has 0 N–H and O–H groups in total. The molecule has 98 valence electrons. The predicted octanol–water partition coefficient (Wildman–Crippen LogP) is 4.49. The Hall–Kier alpha value is -0.280. The predicted molar refractivity (Wildman–Crippen MR) is 80.0 cm³/mol. The number of thioether (sulfide) groups is 1. The van der Waals surface area contributed by atoms with Gasteiger partial charge >= 0.3 is 0 Å². The summed E-state index contributed by atoms with van der Waals surface area (Å²) in [4.78, 5) is 15.2. The van der Waals surface area contributed by atoms with E-state index in [-0.39, 0.29) is 4.75 Å². The van der Waals surface area contributed by atoms with Crippen LogP contribution in [0.25, 0.3) is 0 Å². The third-order valence-corrected chi connectivity index (χ3v) is 6.92. The summed E-state index contributed by atoms with van der Waals surface area (Å²) in [7, 11) is 0. The van der Waals surface area contributed by atoms with Gasteiger partial charge in [-0.15, -0.1) is 23.1 Å². The molecular weight excluding hydrogens is 260 g/mol. The average molecular weight is 280 g/mol. The fraction of sp³-hybridized carbons (Fsp3) is 0.667. The van der Waals surface area contributed by atoms with Crippen molar-refractivity contribution in [1.29, 1.82) is 0 Å². The number of carbonyl (C=O) groups excluding carboxylic acids is 1. The molecule has 1 fully saturated rings. The molecule has 0 amide bonds. The highest BCUT2D eigenvalue weighted by Gasteiger charge is 2.38. The van der Waals surface area contributed by atoms with E-state index < -0.39 is 0 Å². The summed E-state index contributed by atoms with van der Waals surface area (Å²) in [6.07, 6.45) is 8.56. The van der Waals surface area contributed by atoms with Gasteiger partial charge in [0.15, 0.2) is 5.78 Å². The van der Waals surface area contributed by atoms with Gasteiger partial charge in [-0.1, -0.05) is 6.42 Å².